The van der Waals surface area contributed by atoms with Crippen LogP contribution in [0.1, 0.15) is 0 Å². The molecule has 0 saturated heterocycles. The summed E-state index contributed by atoms with van der Waals surface area (Å²) >= 11 is 5.79. The summed E-state index contributed by atoms with van der Waals surface area (Å²) in [4.78, 5) is 0. The van der Waals surface area contributed by atoms with E-state index in [4.69, 9.17) is 26.9 Å². The number of nitrogen functional groups attached to an aromatic ring is 1. The van der Waals surface area contributed by atoms with Gasteiger partial charge >= 0.3 is 5.15 Å². The van der Waals surface area contributed by atoms with Crippen LogP contribution >= 0.6 is 11.6 Å². The number of methoxy groups -OCH3 is 1. The Morgan fingerprint density at radius 1 is 1.67 bits per heavy atom. The Kier molecular flexibility index (Phi) is 3.13. The first-order valence-electron chi connectivity index (χ1n) is 3.32. The third-order valence-electron chi connectivity index (χ3n) is 1.26. The minimum atomic E-state index is 0.156. The van der Waals surface area contributed by atoms with Crippen molar-refractivity contribution in [2.45, 2.75) is 0 Å². The van der Waals surface area contributed by atoms with Gasteiger partial charge in [-0.3, -0.25) is 0 Å². The van der Waals surface area contributed by atoms with Crippen LogP contribution in [0.25, 0.3) is 0 Å². The molecule has 5 heteroatoms. The van der Waals surface area contributed by atoms with Crippen molar-refractivity contribution in [2.75, 3.05) is 19.7 Å². The van der Waals surface area contributed by atoms with Crippen LogP contribution in [0.4, 0.5) is 0 Å². The van der Waals surface area contributed by atoms with Crippen molar-refractivity contribution in [2.24, 2.45) is 0 Å². The number of nitrogens with two attached hydrogens (primary N) is 1. The number of nitrogens with zero attached hydrogens (tertiary/aromatic N) is 1. The van der Waals surface area contributed by atoms with Crippen LogP contribution in [0.15, 0.2) is 18.3 Å². The third-order valence-corrected chi connectivity index (χ3v) is 1.64. The van der Waals surface area contributed by atoms with E-state index in [1.807, 2.05) is 0 Å². The number of aromatic nitrogens is 1. The second-order valence-corrected chi connectivity index (χ2v) is 2.48. The average molecular weight is 190 g/mol. The van der Waals surface area contributed by atoms with E-state index in [-0.39, 0.29) is 6.79 Å². The quantitative estimate of drug-likeness (QED) is 0.323. The highest BCUT2D eigenvalue weighted by Crippen LogP contribution is 2.17. The standard InChI is InChI=1S/C7H10ClN2O2/c1-11-5-12-6-3-2-4-10(9)7(6)8/h2-4H,5,9H2,1H3/q+1. The number of rotatable bonds is 3. The predicted molar refractivity (Wildman–Crippen MR) is 44.3 cm³/mol. The van der Waals surface area contributed by atoms with E-state index < -0.39 is 0 Å². The van der Waals surface area contributed by atoms with Gasteiger partial charge in [0.05, 0.1) is 0 Å². The van der Waals surface area contributed by atoms with Crippen molar-refractivity contribution < 1.29 is 14.1 Å². The van der Waals surface area contributed by atoms with E-state index in [9.17, 15) is 0 Å². The Balaban J connectivity index is 2.78. The van der Waals surface area contributed by atoms with Crippen molar-refractivity contribution >= 4 is 11.6 Å². The Morgan fingerprint density at radius 3 is 3.08 bits per heavy atom. The van der Waals surface area contributed by atoms with E-state index in [1.165, 1.54) is 11.8 Å². The monoisotopic (exact) mass is 189 g/mol. The first-order valence-corrected chi connectivity index (χ1v) is 3.70. The lowest BCUT2D eigenvalue weighted by molar-refractivity contribution is -0.637. The van der Waals surface area contributed by atoms with Gasteiger partial charge in [0.15, 0.2) is 6.79 Å². The topological polar surface area (TPSA) is 48.4 Å². The predicted octanol–water partition coefficient (Wildman–Crippen LogP) is 0.324. The molecule has 1 rings (SSSR count). The van der Waals surface area contributed by atoms with E-state index >= 15 is 0 Å². The summed E-state index contributed by atoms with van der Waals surface area (Å²) in [5, 5.41) is 0.342. The molecule has 0 aliphatic rings. The van der Waals surface area contributed by atoms with Crippen LogP contribution in [0.5, 0.6) is 5.75 Å². The molecule has 0 spiro atoms. The average Bonchev–Trinajstić information content (AvgIpc) is 2.08. The van der Waals surface area contributed by atoms with E-state index in [0.29, 0.717) is 10.9 Å². The summed E-state index contributed by atoms with van der Waals surface area (Å²) in [6.07, 6.45) is 1.63. The van der Waals surface area contributed by atoms with Crippen molar-refractivity contribution in [3.63, 3.8) is 0 Å². The van der Waals surface area contributed by atoms with Crippen LogP contribution in [0, 0.1) is 0 Å². The summed E-state index contributed by atoms with van der Waals surface area (Å²) in [6.45, 7) is 0.156. The van der Waals surface area contributed by atoms with Gasteiger partial charge in [-0.05, 0) is 17.7 Å². The normalized spacial score (nSPS) is 9.83. The fraction of sp³-hybridized carbons (Fsp3) is 0.286. The van der Waals surface area contributed by atoms with Crippen molar-refractivity contribution in [1.82, 2.24) is 0 Å². The maximum absolute atomic E-state index is 5.79. The first kappa shape index (κ1) is 9.09. The van der Waals surface area contributed by atoms with Crippen molar-refractivity contribution in [3.8, 4) is 5.75 Å². The number of hydrogen-bond donors (Lipinski definition) is 1. The van der Waals surface area contributed by atoms with Crippen LogP contribution in [-0.4, -0.2) is 13.9 Å². The summed E-state index contributed by atoms with van der Waals surface area (Å²) in [6, 6.07) is 3.45. The first-order chi connectivity index (χ1) is 5.75. The Hall–Kier alpha value is -1.00. The molecule has 1 aromatic rings. The van der Waals surface area contributed by atoms with Crippen LogP contribution in [-0.2, 0) is 4.74 Å². The Bertz CT molecular complexity index is 268. The molecule has 0 fully saturated rings. The maximum atomic E-state index is 5.79. The van der Waals surface area contributed by atoms with Gasteiger partial charge < -0.3 is 9.47 Å². The molecular weight excluding hydrogens is 180 g/mol. The van der Waals surface area contributed by atoms with E-state index in [1.54, 1.807) is 18.3 Å². The Labute approximate surface area is 75.4 Å². The fourth-order valence-corrected chi connectivity index (χ4v) is 0.889. The molecule has 66 valence electrons. The number of ether oxygens (including phenoxy) is 2. The van der Waals surface area contributed by atoms with Gasteiger partial charge in [-0.1, -0.05) is 4.68 Å². The summed E-state index contributed by atoms with van der Waals surface area (Å²) in [5.41, 5.74) is 0. The molecule has 12 heavy (non-hydrogen) atoms. The largest absolute Gasteiger partial charge is 0.459 e. The smallest absolute Gasteiger partial charge is 0.345 e. The second-order valence-electron chi connectivity index (χ2n) is 2.12. The van der Waals surface area contributed by atoms with Gasteiger partial charge in [0, 0.05) is 13.2 Å². The molecule has 0 atom stereocenters. The molecule has 1 heterocycles. The lowest BCUT2D eigenvalue weighted by Gasteiger charge is -2.02. The molecule has 0 unspecified atom stereocenters. The minimum absolute atomic E-state index is 0.156. The SMILES string of the molecule is COCOc1ccc[n+](N)c1Cl. The molecule has 0 aliphatic carbocycles. The zero-order valence-corrected chi connectivity index (χ0v) is 7.41. The molecule has 0 aromatic carbocycles. The molecule has 2 N–H and O–H groups in total. The number of halogens is 1. The summed E-state index contributed by atoms with van der Waals surface area (Å²) in [7, 11) is 1.54. The van der Waals surface area contributed by atoms with E-state index in [0.717, 1.165) is 0 Å². The summed E-state index contributed by atoms with van der Waals surface area (Å²) in [5.74, 6) is 5.96. The van der Waals surface area contributed by atoms with Gasteiger partial charge in [-0.2, -0.15) is 0 Å². The second kappa shape index (κ2) is 4.13. The van der Waals surface area contributed by atoms with Gasteiger partial charge in [0.1, 0.15) is 0 Å². The minimum Gasteiger partial charge on any atom is -0.459 e. The Morgan fingerprint density at radius 2 is 2.42 bits per heavy atom. The maximum Gasteiger partial charge on any atom is 0.345 e. The van der Waals surface area contributed by atoms with Crippen molar-refractivity contribution in [1.29, 1.82) is 0 Å². The highest BCUT2D eigenvalue weighted by Gasteiger charge is 2.11. The zero-order valence-electron chi connectivity index (χ0n) is 6.66. The van der Waals surface area contributed by atoms with Crippen LogP contribution in [0.3, 0.4) is 0 Å². The lowest BCUT2D eigenvalue weighted by Crippen LogP contribution is -2.45. The van der Waals surface area contributed by atoms with Gasteiger partial charge in [-0.15, -0.1) is 0 Å². The van der Waals surface area contributed by atoms with Crippen molar-refractivity contribution in [3.05, 3.63) is 23.5 Å². The lowest BCUT2D eigenvalue weighted by atomic mass is 10.5. The highest BCUT2D eigenvalue weighted by atomic mass is 35.5. The number of hydrogen-bond acceptors (Lipinski definition) is 3. The molecule has 0 saturated carbocycles. The molecule has 1 aromatic heterocycles. The molecule has 0 bridgehead atoms. The molecule has 0 radical (unpaired) electrons. The fourth-order valence-electron chi connectivity index (χ4n) is 0.715. The molecule has 0 amide bonds. The van der Waals surface area contributed by atoms with E-state index in [2.05, 4.69) is 0 Å². The van der Waals surface area contributed by atoms with Gasteiger partial charge in [-0.25, -0.2) is 5.84 Å². The molecule has 0 aliphatic heterocycles. The molecular formula is C7H10ClN2O2+. The third kappa shape index (κ3) is 1.99. The highest BCUT2D eigenvalue weighted by molar-refractivity contribution is 6.29. The van der Waals surface area contributed by atoms with Gasteiger partial charge in [0.2, 0.25) is 11.9 Å². The van der Waals surface area contributed by atoms with Gasteiger partial charge in [0.25, 0.3) is 0 Å². The number of pyridine rings is 1. The van der Waals surface area contributed by atoms with Crippen LogP contribution in [0.2, 0.25) is 5.15 Å². The molecule has 4 nitrogen and oxygen atoms in total. The summed E-state index contributed by atoms with van der Waals surface area (Å²) < 4.78 is 11.1. The van der Waals surface area contributed by atoms with Crippen LogP contribution < -0.4 is 15.3 Å². The zero-order chi connectivity index (χ0) is 8.97.